The van der Waals surface area contributed by atoms with Crippen LogP contribution in [0.4, 0.5) is 5.69 Å². The fourth-order valence-corrected chi connectivity index (χ4v) is 3.17. The molecule has 1 saturated heterocycles. The zero-order valence-corrected chi connectivity index (χ0v) is 16.0. The monoisotopic (exact) mass is 449 g/mol. The van der Waals surface area contributed by atoms with E-state index in [1.165, 1.54) is 0 Å². The number of hydrogen-bond donors (Lipinski definition) is 1. The van der Waals surface area contributed by atoms with Crippen LogP contribution in [-0.2, 0) is 4.79 Å². The molecule has 0 spiro atoms. The van der Waals surface area contributed by atoms with Crippen LogP contribution in [0.25, 0.3) is 0 Å². The van der Waals surface area contributed by atoms with E-state index in [-0.39, 0.29) is 11.8 Å². The standard InChI is InChI=1S/C19H20IN3O2/c20-16-6-8-17(9-7-16)21-18(24)14-22-10-12-23(13-11-22)19(25)15-4-2-1-3-5-15/h1-9H,10-14H2,(H,21,24). The lowest BCUT2D eigenvalue weighted by atomic mass is 10.2. The third-order valence-electron chi connectivity index (χ3n) is 4.18. The van der Waals surface area contributed by atoms with Gasteiger partial charge in [0, 0.05) is 41.0 Å². The van der Waals surface area contributed by atoms with Gasteiger partial charge in [-0.1, -0.05) is 18.2 Å². The van der Waals surface area contributed by atoms with E-state index in [1.54, 1.807) is 0 Å². The van der Waals surface area contributed by atoms with Crippen LogP contribution in [-0.4, -0.2) is 54.3 Å². The van der Waals surface area contributed by atoms with Crippen molar-refractivity contribution in [3.8, 4) is 0 Å². The molecule has 3 rings (SSSR count). The van der Waals surface area contributed by atoms with Crippen LogP contribution in [0.3, 0.4) is 0 Å². The number of carbonyl (C=O) groups is 2. The summed E-state index contributed by atoms with van der Waals surface area (Å²) in [6.07, 6.45) is 0. The van der Waals surface area contributed by atoms with Gasteiger partial charge in [0.2, 0.25) is 5.91 Å². The van der Waals surface area contributed by atoms with Crippen LogP contribution in [0.1, 0.15) is 10.4 Å². The van der Waals surface area contributed by atoms with Gasteiger partial charge in [0.1, 0.15) is 0 Å². The molecule has 0 unspecified atom stereocenters. The van der Waals surface area contributed by atoms with Crippen molar-refractivity contribution in [3.63, 3.8) is 0 Å². The summed E-state index contributed by atoms with van der Waals surface area (Å²) < 4.78 is 1.13. The Morgan fingerprint density at radius 2 is 1.56 bits per heavy atom. The van der Waals surface area contributed by atoms with Gasteiger partial charge in [0.05, 0.1) is 6.54 Å². The first-order chi connectivity index (χ1) is 12.1. The van der Waals surface area contributed by atoms with Crippen LogP contribution in [0.2, 0.25) is 0 Å². The summed E-state index contributed by atoms with van der Waals surface area (Å²) in [6.45, 7) is 3.05. The lowest BCUT2D eigenvalue weighted by Crippen LogP contribution is -2.50. The summed E-state index contributed by atoms with van der Waals surface area (Å²) in [7, 11) is 0. The first-order valence-electron chi connectivity index (χ1n) is 8.24. The predicted molar refractivity (Wildman–Crippen MR) is 107 cm³/mol. The maximum atomic E-state index is 12.4. The minimum Gasteiger partial charge on any atom is -0.336 e. The minimum atomic E-state index is -0.0240. The Bertz CT molecular complexity index is 726. The molecule has 0 saturated carbocycles. The largest absolute Gasteiger partial charge is 0.336 e. The Hall–Kier alpha value is -1.93. The molecule has 1 aliphatic rings. The number of benzene rings is 2. The fourth-order valence-electron chi connectivity index (χ4n) is 2.81. The van der Waals surface area contributed by atoms with Crippen molar-refractivity contribution >= 4 is 40.1 Å². The Morgan fingerprint density at radius 3 is 2.20 bits per heavy atom. The van der Waals surface area contributed by atoms with Gasteiger partial charge in [0.15, 0.2) is 0 Å². The van der Waals surface area contributed by atoms with Crippen LogP contribution in [0.15, 0.2) is 54.6 Å². The number of rotatable bonds is 4. The van der Waals surface area contributed by atoms with E-state index in [9.17, 15) is 9.59 Å². The van der Waals surface area contributed by atoms with E-state index in [0.717, 1.165) is 9.26 Å². The summed E-state index contributed by atoms with van der Waals surface area (Å²) >= 11 is 2.23. The highest BCUT2D eigenvalue weighted by Gasteiger charge is 2.23. The van der Waals surface area contributed by atoms with Crippen LogP contribution < -0.4 is 5.32 Å². The third-order valence-corrected chi connectivity index (χ3v) is 4.89. The summed E-state index contributed by atoms with van der Waals surface area (Å²) in [6, 6.07) is 17.0. The Balaban J connectivity index is 1.46. The zero-order chi connectivity index (χ0) is 17.6. The van der Waals surface area contributed by atoms with E-state index < -0.39 is 0 Å². The number of anilines is 1. The molecule has 130 valence electrons. The number of amides is 2. The van der Waals surface area contributed by atoms with Gasteiger partial charge in [-0.25, -0.2) is 0 Å². The SMILES string of the molecule is O=C(CN1CCN(C(=O)c2ccccc2)CC1)Nc1ccc(I)cc1. The van der Waals surface area contributed by atoms with Gasteiger partial charge >= 0.3 is 0 Å². The van der Waals surface area contributed by atoms with Crippen molar-refractivity contribution in [2.45, 2.75) is 0 Å². The number of nitrogens with zero attached hydrogens (tertiary/aromatic N) is 2. The molecule has 0 aliphatic carbocycles. The second-order valence-corrected chi connectivity index (χ2v) is 7.24. The maximum absolute atomic E-state index is 12.4. The van der Waals surface area contributed by atoms with Crippen molar-refractivity contribution < 1.29 is 9.59 Å². The quantitative estimate of drug-likeness (QED) is 0.731. The second-order valence-electron chi connectivity index (χ2n) is 5.99. The molecule has 1 fully saturated rings. The average molecular weight is 449 g/mol. The number of nitrogens with one attached hydrogen (secondary N) is 1. The molecule has 6 heteroatoms. The molecule has 0 bridgehead atoms. The number of piperazine rings is 1. The van der Waals surface area contributed by atoms with Crippen LogP contribution in [0, 0.1) is 3.57 Å². The van der Waals surface area contributed by atoms with Crippen molar-refractivity contribution in [2.24, 2.45) is 0 Å². The number of carbonyl (C=O) groups excluding carboxylic acids is 2. The number of hydrogen-bond acceptors (Lipinski definition) is 3. The fraction of sp³-hybridized carbons (Fsp3) is 0.263. The van der Waals surface area contributed by atoms with Crippen LogP contribution in [0.5, 0.6) is 0 Å². The van der Waals surface area contributed by atoms with E-state index >= 15 is 0 Å². The molecule has 1 heterocycles. The Morgan fingerprint density at radius 1 is 0.920 bits per heavy atom. The molecular weight excluding hydrogens is 429 g/mol. The molecule has 2 aromatic carbocycles. The van der Waals surface area contributed by atoms with Gasteiger partial charge in [-0.2, -0.15) is 0 Å². The number of halogens is 1. The van der Waals surface area contributed by atoms with E-state index in [1.807, 2.05) is 59.5 Å². The van der Waals surface area contributed by atoms with E-state index in [4.69, 9.17) is 0 Å². The van der Waals surface area contributed by atoms with E-state index in [0.29, 0.717) is 38.3 Å². The normalized spacial score (nSPS) is 15.0. The van der Waals surface area contributed by atoms with Gasteiger partial charge in [-0.05, 0) is 59.0 Å². The molecule has 5 nitrogen and oxygen atoms in total. The molecule has 1 aliphatic heterocycles. The van der Waals surface area contributed by atoms with E-state index in [2.05, 4.69) is 32.8 Å². The summed E-state index contributed by atoms with van der Waals surface area (Å²) in [4.78, 5) is 28.5. The summed E-state index contributed by atoms with van der Waals surface area (Å²) in [5.41, 5.74) is 1.52. The van der Waals surface area contributed by atoms with Crippen LogP contribution >= 0.6 is 22.6 Å². The molecular formula is C19H20IN3O2. The average Bonchev–Trinajstić information content (AvgIpc) is 2.64. The van der Waals surface area contributed by atoms with Gasteiger partial charge < -0.3 is 10.2 Å². The first-order valence-corrected chi connectivity index (χ1v) is 9.32. The van der Waals surface area contributed by atoms with Crippen molar-refractivity contribution in [1.29, 1.82) is 0 Å². The predicted octanol–water partition coefficient (Wildman–Crippen LogP) is 2.69. The zero-order valence-electron chi connectivity index (χ0n) is 13.8. The minimum absolute atomic E-state index is 0.0240. The molecule has 2 amide bonds. The topological polar surface area (TPSA) is 52.7 Å². The Labute approximate surface area is 161 Å². The molecule has 25 heavy (non-hydrogen) atoms. The highest BCUT2D eigenvalue weighted by molar-refractivity contribution is 14.1. The highest BCUT2D eigenvalue weighted by atomic mass is 127. The molecule has 1 N–H and O–H groups in total. The van der Waals surface area contributed by atoms with Gasteiger partial charge in [0.25, 0.3) is 5.91 Å². The van der Waals surface area contributed by atoms with Crippen molar-refractivity contribution in [3.05, 3.63) is 63.7 Å². The van der Waals surface area contributed by atoms with Gasteiger partial charge in [-0.3, -0.25) is 14.5 Å². The Kier molecular flexibility index (Phi) is 6.04. The molecule has 0 aromatic heterocycles. The lowest BCUT2D eigenvalue weighted by molar-refractivity contribution is -0.117. The van der Waals surface area contributed by atoms with Crippen molar-refractivity contribution in [1.82, 2.24) is 9.80 Å². The van der Waals surface area contributed by atoms with Crippen molar-refractivity contribution in [2.75, 3.05) is 38.0 Å². The maximum Gasteiger partial charge on any atom is 0.253 e. The molecule has 2 aromatic rings. The molecule has 0 radical (unpaired) electrons. The molecule has 0 atom stereocenters. The first kappa shape index (κ1) is 17.9. The smallest absolute Gasteiger partial charge is 0.253 e. The highest BCUT2D eigenvalue weighted by Crippen LogP contribution is 2.12. The second kappa shape index (κ2) is 8.44. The third kappa shape index (κ3) is 5.02. The summed E-state index contributed by atoms with van der Waals surface area (Å²) in [5.74, 6) is 0.0348. The lowest BCUT2D eigenvalue weighted by Gasteiger charge is -2.34. The summed E-state index contributed by atoms with van der Waals surface area (Å²) in [5, 5.41) is 2.91. The van der Waals surface area contributed by atoms with Gasteiger partial charge in [-0.15, -0.1) is 0 Å².